The molecule has 0 bridgehead atoms. The number of halogens is 1. The molecule has 0 unspecified atom stereocenters. The zero-order valence-corrected chi connectivity index (χ0v) is 18.4. The second-order valence-electron chi connectivity index (χ2n) is 8.08. The second kappa shape index (κ2) is 8.62. The largest absolute Gasteiger partial charge is 0.321 e. The van der Waals surface area contributed by atoms with Gasteiger partial charge in [-0.3, -0.25) is 4.79 Å². The molecule has 5 nitrogen and oxygen atoms in total. The van der Waals surface area contributed by atoms with Crippen molar-refractivity contribution in [2.24, 2.45) is 0 Å². The topological polar surface area (TPSA) is 59.0 Å². The predicted octanol–water partition coefficient (Wildman–Crippen LogP) is 5.17. The van der Waals surface area contributed by atoms with E-state index in [0.29, 0.717) is 10.6 Å². The predicted molar refractivity (Wildman–Crippen MR) is 122 cm³/mol. The molecular formula is C24H27ClN4O. The summed E-state index contributed by atoms with van der Waals surface area (Å²) in [4.78, 5) is 13.4. The summed E-state index contributed by atoms with van der Waals surface area (Å²) in [5, 5.41) is 11.8. The second-order valence-corrected chi connectivity index (χ2v) is 8.52. The number of benzene rings is 2. The van der Waals surface area contributed by atoms with Crippen molar-refractivity contribution in [3.63, 3.8) is 0 Å². The SMILES string of the molecule is Cc1cc(C)c(NC(=O)c2cnn(-c3ccc(Cl)cc3)c2C2CCNCC2)c(C)c1. The van der Waals surface area contributed by atoms with Gasteiger partial charge in [-0.15, -0.1) is 0 Å². The number of anilines is 1. The van der Waals surface area contributed by atoms with Gasteiger partial charge in [-0.2, -0.15) is 5.10 Å². The van der Waals surface area contributed by atoms with Gasteiger partial charge in [-0.25, -0.2) is 4.68 Å². The molecule has 156 valence electrons. The van der Waals surface area contributed by atoms with Gasteiger partial charge in [0, 0.05) is 16.6 Å². The Morgan fingerprint density at radius 2 is 1.73 bits per heavy atom. The summed E-state index contributed by atoms with van der Waals surface area (Å²) in [6.07, 6.45) is 3.64. The average molecular weight is 423 g/mol. The number of nitrogens with zero attached hydrogens (tertiary/aromatic N) is 2. The Morgan fingerprint density at radius 3 is 2.37 bits per heavy atom. The van der Waals surface area contributed by atoms with Gasteiger partial charge in [-0.05, 0) is 82.1 Å². The minimum absolute atomic E-state index is 0.112. The van der Waals surface area contributed by atoms with Crippen LogP contribution in [-0.4, -0.2) is 28.8 Å². The third-order valence-corrected chi connectivity index (χ3v) is 6.02. The van der Waals surface area contributed by atoms with Crippen LogP contribution in [0, 0.1) is 20.8 Å². The van der Waals surface area contributed by atoms with E-state index in [1.807, 2.05) is 42.8 Å². The monoisotopic (exact) mass is 422 g/mol. The first-order chi connectivity index (χ1) is 14.4. The van der Waals surface area contributed by atoms with Crippen molar-refractivity contribution in [1.82, 2.24) is 15.1 Å². The molecule has 0 atom stereocenters. The molecule has 1 amide bonds. The molecule has 3 aromatic rings. The fourth-order valence-corrected chi connectivity index (χ4v) is 4.49. The molecule has 2 N–H and O–H groups in total. The van der Waals surface area contributed by atoms with Gasteiger partial charge in [-0.1, -0.05) is 29.3 Å². The lowest BCUT2D eigenvalue weighted by Gasteiger charge is -2.25. The van der Waals surface area contributed by atoms with Crippen molar-refractivity contribution in [3.8, 4) is 5.69 Å². The third-order valence-electron chi connectivity index (χ3n) is 5.76. The maximum Gasteiger partial charge on any atom is 0.259 e. The molecule has 4 rings (SSSR count). The molecule has 0 aliphatic carbocycles. The van der Waals surface area contributed by atoms with Crippen LogP contribution >= 0.6 is 11.6 Å². The van der Waals surface area contributed by atoms with E-state index >= 15 is 0 Å². The fraction of sp³-hybridized carbons (Fsp3) is 0.333. The highest BCUT2D eigenvalue weighted by Crippen LogP contribution is 2.31. The summed E-state index contributed by atoms with van der Waals surface area (Å²) in [5.41, 5.74) is 6.71. The summed E-state index contributed by atoms with van der Waals surface area (Å²) >= 11 is 6.07. The Morgan fingerprint density at radius 1 is 1.10 bits per heavy atom. The number of hydrogen-bond donors (Lipinski definition) is 2. The van der Waals surface area contributed by atoms with Crippen molar-refractivity contribution in [1.29, 1.82) is 0 Å². The molecule has 0 saturated carbocycles. The summed E-state index contributed by atoms with van der Waals surface area (Å²) in [5.74, 6) is 0.157. The molecule has 1 saturated heterocycles. The maximum absolute atomic E-state index is 13.4. The number of piperidine rings is 1. The Kier molecular flexibility index (Phi) is 5.93. The van der Waals surface area contributed by atoms with Crippen LogP contribution in [0.3, 0.4) is 0 Å². The van der Waals surface area contributed by atoms with E-state index in [1.165, 1.54) is 5.56 Å². The molecule has 0 spiro atoms. The highest BCUT2D eigenvalue weighted by molar-refractivity contribution is 6.30. The van der Waals surface area contributed by atoms with Gasteiger partial charge in [0.15, 0.2) is 0 Å². The van der Waals surface area contributed by atoms with Gasteiger partial charge in [0.05, 0.1) is 23.1 Å². The zero-order valence-electron chi connectivity index (χ0n) is 17.6. The van der Waals surface area contributed by atoms with E-state index < -0.39 is 0 Å². The van der Waals surface area contributed by atoms with Gasteiger partial charge >= 0.3 is 0 Å². The van der Waals surface area contributed by atoms with Crippen molar-refractivity contribution in [3.05, 3.63) is 75.6 Å². The molecule has 6 heteroatoms. The van der Waals surface area contributed by atoms with Crippen molar-refractivity contribution in [2.45, 2.75) is 39.5 Å². The molecular weight excluding hydrogens is 396 g/mol. The highest BCUT2D eigenvalue weighted by Gasteiger charge is 2.27. The van der Waals surface area contributed by atoms with E-state index in [0.717, 1.165) is 54.1 Å². The van der Waals surface area contributed by atoms with E-state index in [4.69, 9.17) is 11.6 Å². The van der Waals surface area contributed by atoms with E-state index in [-0.39, 0.29) is 11.8 Å². The number of carbonyl (C=O) groups excluding carboxylic acids is 1. The minimum Gasteiger partial charge on any atom is -0.321 e. The van der Waals surface area contributed by atoms with Crippen molar-refractivity contribution >= 4 is 23.2 Å². The molecule has 2 aromatic carbocycles. The Balaban J connectivity index is 1.74. The zero-order chi connectivity index (χ0) is 21.3. The lowest BCUT2D eigenvalue weighted by atomic mass is 9.91. The number of rotatable bonds is 4. The van der Waals surface area contributed by atoms with Crippen molar-refractivity contribution in [2.75, 3.05) is 18.4 Å². The Labute approximate surface area is 182 Å². The van der Waals surface area contributed by atoms with Gasteiger partial charge in [0.25, 0.3) is 5.91 Å². The fourth-order valence-electron chi connectivity index (χ4n) is 4.37. The van der Waals surface area contributed by atoms with E-state index in [9.17, 15) is 4.79 Å². The highest BCUT2D eigenvalue weighted by atomic mass is 35.5. The van der Waals surface area contributed by atoms with Crippen LogP contribution in [0.15, 0.2) is 42.6 Å². The summed E-state index contributed by atoms with van der Waals surface area (Å²) in [6, 6.07) is 11.8. The average Bonchev–Trinajstić information content (AvgIpc) is 3.17. The smallest absolute Gasteiger partial charge is 0.259 e. The molecule has 1 aliphatic heterocycles. The van der Waals surface area contributed by atoms with Crippen LogP contribution in [0.4, 0.5) is 5.69 Å². The molecule has 30 heavy (non-hydrogen) atoms. The van der Waals surface area contributed by atoms with Gasteiger partial charge < -0.3 is 10.6 Å². The lowest BCUT2D eigenvalue weighted by molar-refractivity contribution is 0.102. The summed E-state index contributed by atoms with van der Waals surface area (Å²) < 4.78 is 1.90. The van der Waals surface area contributed by atoms with Gasteiger partial charge in [0.1, 0.15) is 0 Å². The van der Waals surface area contributed by atoms with Crippen LogP contribution in [0.2, 0.25) is 5.02 Å². The van der Waals surface area contributed by atoms with Gasteiger partial charge in [0.2, 0.25) is 0 Å². The minimum atomic E-state index is -0.112. The number of aromatic nitrogens is 2. The van der Waals surface area contributed by atoms with E-state index in [2.05, 4.69) is 34.8 Å². The third kappa shape index (κ3) is 4.13. The van der Waals surface area contributed by atoms with Crippen LogP contribution in [-0.2, 0) is 0 Å². The first-order valence-corrected chi connectivity index (χ1v) is 10.8. The molecule has 1 aliphatic rings. The Bertz CT molecular complexity index is 1040. The maximum atomic E-state index is 13.4. The molecule has 0 radical (unpaired) electrons. The standard InChI is InChI=1S/C24H27ClN4O/c1-15-12-16(2)22(17(3)13-15)28-24(30)21-14-27-29(20-6-4-19(25)5-7-20)23(21)18-8-10-26-11-9-18/h4-7,12-14,18,26H,8-11H2,1-3H3,(H,28,30). The number of hydrogen-bond acceptors (Lipinski definition) is 3. The van der Waals surface area contributed by atoms with Crippen LogP contribution < -0.4 is 10.6 Å². The first kappa shape index (κ1) is 20.6. The number of amides is 1. The normalized spacial score (nSPS) is 14.7. The number of carbonyl (C=O) groups is 1. The summed E-state index contributed by atoms with van der Waals surface area (Å²) in [7, 11) is 0. The number of aryl methyl sites for hydroxylation is 3. The van der Waals surface area contributed by atoms with E-state index in [1.54, 1.807) is 6.20 Å². The van der Waals surface area contributed by atoms with Crippen LogP contribution in [0.1, 0.15) is 51.5 Å². The number of nitrogens with one attached hydrogen (secondary N) is 2. The van der Waals surface area contributed by atoms with Crippen molar-refractivity contribution < 1.29 is 4.79 Å². The summed E-state index contributed by atoms with van der Waals surface area (Å²) in [6.45, 7) is 8.00. The lowest BCUT2D eigenvalue weighted by Crippen LogP contribution is -2.29. The first-order valence-electron chi connectivity index (χ1n) is 10.4. The molecule has 1 aromatic heterocycles. The molecule has 1 fully saturated rings. The Hall–Kier alpha value is -2.63. The van der Waals surface area contributed by atoms with Crippen LogP contribution in [0.5, 0.6) is 0 Å². The molecule has 2 heterocycles. The quantitative estimate of drug-likeness (QED) is 0.609. The van der Waals surface area contributed by atoms with Crippen LogP contribution in [0.25, 0.3) is 5.69 Å².